The van der Waals surface area contributed by atoms with Crippen molar-refractivity contribution in [2.45, 2.75) is 13.5 Å². The molecule has 0 saturated carbocycles. The van der Waals surface area contributed by atoms with E-state index in [1.54, 1.807) is 42.5 Å². The fraction of sp³-hybridized carbons (Fsp3) is 0.250. The highest BCUT2D eigenvalue weighted by molar-refractivity contribution is 6.04. The topological polar surface area (TPSA) is 71.8 Å². The molecule has 0 saturated heterocycles. The summed E-state index contributed by atoms with van der Waals surface area (Å²) in [5, 5.41) is 9.77. The van der Waals surface area contributed by atoms with Crippen molar-refractivity contribution in [3.8, 4) is 0 Å². The van der Waals surface area contributed by atoms with Crippen molar-refractivity contribution in [3.05, 3.63) is 36.3 Å². The fourth-order valence-corrected chi connectivity index (χ4v) is 1.51. The summed E-state index contributed by atoms with van der Waals surface area (Å²) in [4.78, 5) is 16.0. The molecule has 0 spiro atoms. The summed E-state index contributed by atoms with van der Waals surface area (Å²) in [6.07, 6.45) is 5.01. The molecule has 6 heteroatoms. The molecule has 1 amide bonds. The molecule has 0 aliphatic rings. The van der Waals surface area contributed by atoms with E-state index in [0.29, 0.717) is 17.1 Å². The Kier molecular flexibility index (Phi) is 3.57. The number of carbonyl (C=O) groups excluding carboxylic acids is 1. The van der Waals surface area contributed by atoms with E-state index in [0.717, 1.165) is 6.54 Å². The minimum absolute atomic E-state index is 0.176. The third-order valence-corrected chi connectivity index (χ3v) is 2.49. The number of anilines is 2. The number of hydrogen-bond donors (Lipinski definition) is 2. The SMILES string of the molecule is CCn1cc(NC(=O)c2ccnc(NC)c2)cn1. The van der Waals surface area contributed by atoms with Crippen molar-refractivity contribution >= 4 is 17.4 Å². The second-order valence-electron chi connectivity index (χ2n) is 3.72. The summed E-state index contributed by atoms with van der Waals surface area (Å²) in [6.45, 7) is 2.76. The number of aryl methyl sites for hydroxylation is 1. The minimum Gasteiger partial charge on any atom is -0.373 e. The van der Waals surface area contributed by atoms with E-state index in [-0.39, 0.29) is 5.91 Å². The standard InChI is InChI=1S/C12H15N5O/c1-3-17-8-10(7-15-17)16-12(18)9-4-5-14-11(6-9)13-2/h4-8H,3H2,1-2H3,(H,13,14)(H,16,18). The Bertz CT molecular complexity index is 549. The highest BCUT2D eigenvalue weighted by atomic mass is 16.1. The Morgan fingerprint density at radius 2 is 2.33 bits per heavy atom. The van der Waals surface area contributed by atoms with E-state index < -0.39 is 0 Å². The van der Waals surface area contributed by atoms with Gasteiger partial charge in [0.05, 0.1) is 11.9 Å². The van der Waals surface area contributed by atoms with Crippen LogP contribution < -0.4 is 10.6 Å². The lowest BCUT2D eigenvalue weighted by atomic mass is 10.2. The lowest BCUT2D eigenvalue weighted by molar-refractivity contribution is 0.102. The number of rotatable bonds is 4. The zero-order valence-electron chi connectivity index (χ0n) is 10.3. The van der Waals surface area contributed by atoms with Gasteiger partial charge in [-0.05, 0) is 19.1 Å². The molecule has 94 valence electrons. The Morgan fingerprint density at radius 1 is 1.50 bits per heavy atom. The maximum absolute atomic E-state index is 12.0. The van der Waals surface area contributed by atoms with Crippen molar-refractivity contribution in [2.75, 3.05) is 17.7 Å². The summed E-state index contributed by atoms with van der Waals surface area (Å²) in [7, 11) is 1.76. The zero-order chi connectivity index (χ0) is 13.0. The van der Waals surface area contributed by atoms with Crippen molar-refractivity contribution in [1.82, 2.24) is 14.8 Å². The van der Waals surface area contributed by atoms with Crippen molar-refractivity contribution in [2.24, 2.45) is 0 Å². The lowest BCUT2D eigenvalue weighted by Gasteiger charge is -2.04. The number of nitrogens with one attached hydrogen (secondary N) is 2. The zero-order valence-corrected chi connectivity index (χ0v) is 10.3. The summed E-state index contributed by atoms with van der Waals surface area (Å²) in [6, 6.07) is 3.36. The summed E-state index contributed by atoms with van der Waals surface area (Å²) in [5.74, 6) is 0.483. The molecule has 0 aliphatic carbocycles. The third-order valence-electron chi connectivity index (χ3n) is 2.49. The number of amides is 1. The average Bonchev–Trinajstić information content (AvgIpc) is 2.86. The Hall–Kier alpha value is -2.37. The smallest absolute Gasteiger partial charge is 0.255 e. The van der Waals surface area contributed by atoms with E-state index >= 15 is 0 Å². The first-order chi connectivity index (χ1) is 8.72. The normalized spacial score (nSPS) is 10.1. The molecule has 2 aromatic heterocycles. The number of carbonyl (C=O) groups is 1. The van der Waals surface area contributed by atoms with Gasteiger partial charge >= 0.3 is 0 Å². The Morgan fingerprint density at radius 3 is 3.00 bits per heavy atom. The van der Waals surface area contributed by atoms with Crippen LogP contribution in [0.1, 0.15) is 17.3 Å². The van der Waals surface area contributed by atoms with Crippen LogP contribution in [0.25, 0.3) is 0 Å². The molecular weight excluding hydrogens is 230 g/mol. The molecule has 2 heterocycles. The van der Waals surface area contributed by atoms with Gasteiger partial charge in [-0.25, -0.2) is 4.98 Å². The fourth-order valence-electron chi connectivity index (χ4n) is 1.51. The van der Waals surface area contributed by atoms with E-state index in [9.17, 15) is 4.79 Å². The number of hydrogen-bond acceptors (Lipinski definition) is 4. The average molecular weight is 245 g/mol. The summed E-state index contributed by atoms with van der Waals surface area (Å²) < 4.78 is 1.75. The molecule has 0 radical (unpaired) electrons. The molecule has 2 N–H and O–H groups in total. The summed E-state index contributed by atoms with van der Waals surface area (Å²) in [5.41, 5.74) is 1.24. The van der Waals surface area contributed by atoms with Crippen LogP contribution in [0.3, 0.4) is 0 Å². The molecule has 6 nitrogen and oxygen atoms in total. The van der Waals surface area contributed by atoms with Gasteiger partial charge in [0.25, 0.3) is 5.91 Å². The lowest BCUT2D eigenvalue weighted by Crippen LogP contribution is -2.12. The van der Waals surface area contributed by atoms with Gasteiger partial charge in [-0.15, -0.1) is 0 Å². The van der Waals surface area contributed by atoms with E-state index in [2.05, 4.69) is 20.7 Å². The van der Waals surface area contributed by atoms with Crippen LogP contribution in [0.5, 0.6) is 0 Å². The highest BCUT2D eigenvalue weighted by Gasteiger charge is 2.08. The van der Waals surface area contributed by atoms with Crippen molar-refractivity contribution in [1.29, 1.82) is 0 Å². The van der Waals surface area contributed by atoms with Crippen LogP contribution in [0.4, 0.5) is 11.5 Å². The monoisotopic (exact) mass is 245 g/mol. The van der Waals surface area contributed by atoms with Crippen LogP contribution in [0, 0.1) is 0 Å². The Labute approximate surface area is 105 Å². The molecule has 0 aromatic carbocycles. The van der Waals surface area contributed by atoms with Gasteiger partial charge < -0.3 is 10.6 Å². The van der Waals surface area contributed by atoms with Crippen molar-refractivity contribution in [3.63, 3.8) is 0 Å². The van der Waals surface area contributed by atoms with Crippen LogP contribution in [-0.2, 0) is 6.54 Å². The number of pyridine rings is 1. The first kappa shape index (κ1) is 12.1. The van der Waals surface area contributed by atoms with Gasteiger partial charge in [0.2, 0.25) is 0 Å². The van der Waals surface area contributed by atoms with Crippen LogP contribution in [-0.4, -0.2) is 27.7 Å². The molecule has 2 rings (SSSR count). The van der Waals surface area contributed by atoms with Crippen LogP contribution >= 0.6 is 0 Å². The van der Waals surface area contributed by atoms with Gasteiger partial charge in [0.15, 0.2) is 0 Å². The maximum Gasteiger partial charge on any atom is 0.255 e. The molecular formula is C12H15N5O. The van der Waals surface area contributed by atoms with Gasteiger partial charge in [0.1, 0.15) is 5.82 Å². The molecule has 0 atom stereocenters. The first-order valence-corrected chi connectivity index (χ1v) is 5.70. The quantitative estimate of drug-likeness (QED) is 0.858. The predicted octanol–water partition coefficient (Wildman–Crippen LogP) is 1.59. The van der Waals surface area contributed by atoms with E-state index in [1.165, 1.54) is 0 Å². The van der Waals surface area contributed by atoms with Gasteiger partial charge in [0, 0.05) is 31.5 Å². The summed E-state index contributed by atoms with van der Waals surface area (Å²) >= 11 is 0. The third kappa shape index (κ3) is 2.65. The molecule has 0 unspecified atom stereocenters. The number of aromatic nitrogens is 3. The second-order valence-corrected chi connectivity index (χ2v) is 3.72. The van der Waals surface area contributed by atoms with Gasteiger partial charge in [-0.2, -0.15) is 5.10 Å². The van der Waals surface area contributed by atoms with E-state index in [1.807, 2.05) is 6.92 Å². The second kappa shape index (κ2) is 5.31. The largest absolute Gasteiger partial charge is 0.373 e. The molecule has 0 fully saturated rings. The van der Waals surface area contributed by atoms with Gasteiger partial charge in [-0.3, -0.25) is 9.48 Å². The highest BCUT2D eigenvalue weighted by Crippen LogP contribution is 2.10. The van der Waals surface area contributed by atoms with Gasteiger partial charge in [-0.1, -0.05) is 0 Å². The van der Waals surface area contributed by atoms with Crippen LogP contribution in [0.2, 0.25) is 0 Å². The molecule has 0 bridgehead atoms. The van der Waals surface area contributed by atoms with E-state index in [4.69, 9.17) is 0 Å². The Balaban J connectivity index is 2.11. The molecule has 18 heavy (non-hydrogen) atoms. The van der Waals surface area contributed by atoms with Crippen LogP contribution in [0.15, 0.2) is 30.7 Å². The predicted molar refractivity (Wildman–Crippen MR) is 69.6 cm³/mol. The minimum atomic E-state index is -0.176. The maximum atomic E-state index is 12.0. The number of nitrogens with zero attached hydrogens (tertiary/aromatic N) is 3. The van der Waals surface area contributed by atoms with Crippen molar-refractivity contribution < 1.29 is 4.79 Å². The molecule has 2 aromatic rings. The molecule has 0 aliphatic heterocycles. The first-order valence-electron chi connectivity index (χ1n) is 5.70.